The third kappa shape index (κ3) is 6.70. The van der Waals surface area contributed by atoms with E-state index in [1.54, 1.807) is 11.9 Å². The average molecular weight is 470 g/mol. The van der Waals surface area contributed by atoms with Crippen LogP contribution >= 0.6 is 0 Å². The lowest BCUT2D eigenvalue weighted by atomic mass is 10.1. The molecule has 0 bridgehead atoms. The summed E-state index contributed by atoms with van der Waals surface area (Å²) in [4.78, 5) is 43.0. The largest absolute Gasteiger partial charge is 0.416 e. The minimum atomic E-state index is -4.42. The summed E-state index contributed by atoms with van der Waals surface area (Å²) in [5.74, 6) is -0.475. The lowest BCUT2D eigenvalue weighted by molar-refractivity contribution is -0.137. The summed E-state index contributed by atoms with van der Waals surface area (Å²) in [5, 5.41) is 0. The van der Waals surface area contributed by atoms with E-state index in [1.807, 2.05) is 13.8 Å². The molecule has 0 saturated heterocycles. The Hall–Kier alpha value is -3.08. The van der Waals surface area contributed by atoms with Crippen LogP contribution in [0, 0.1) is 0 Å². The molecule has 0 aliphatic rings. The smallest absolute Gasteiger partial charge is 0.383 e. The number of alkyl halides is 3. The Kier molecular flexibility index (Phi) is 8.86. The van der Waals surface area contributed by atoms with Crippen molar-refractivity contribution in [3.8, 4) is 0 Å². The van der Waals surface area contributed by atoms with E-state index in [0.29, 0.717) is 18.4 Å². The number of hydrogen-bond acceptors (Lipinski definition) is 5. The molecule has 0 unspecified atom stereocenters. The highest BCUT2D eigenvalue weighted by molar-refractivity contribution is 5.96. The Bertz CT molecular complexity index is 1060. The number of nitrogens with zero attached hydrogens (tertiary/aromatic N) is 3. The van der Waals surface area contributed by atoms with Gasteiger partial charge in [-0.1, -0.05) is 32.4 Å². The normalized spacial score (nSPS) is 11.7. The summed E-state index contributed by atoms with van der Waals surface area (Å²) >= 11 is 0. The average Bonchev–Trinajstić information content (AvgIpc) is 2.72. The van der Waals surface area contributed by atoms with Crippen LogP contribution in [-0.4, -0.2) is 40.5 Å². The van der Waals surface area contributed by atoms with Gasteiger partial charge in [0.25, 0.3) is 5.56 Å². The maximum Gasteiger partial charge on any atom is 0.416 e. The number of nitrogens with one attached hydrogen (secondary N) is 1. The topological polar surface area (TPSA) is 104 Å². The number of likely N-dealkylation sites (N-methyl/N-ethyl adjacent to an activating group) is 1. The standard InChI is InChI=1S/C22H30F3N5O3/c1-4-6-12-29(18-19(26)30(11-5-2)21(33)27-20(18)32)17(31)14-28(3)13-15-7-9-16(10-8-15)22(23,24)25/h7-10H,4-6,11-14,26H2,1-3H3,(H,27,32,33). The van der Waals surface area contributed by atoms with Gasteiger partial charge in [-0.15, -0.1) is 0 Å². The summed E-state index contributed by atoms with van der Waals surface area (Å²) < 4.78 is 39.5. The molecule has 0 fully saturated rings. The SMILES string of the molecule is CCCCN(C(=O)CN(C)Cc1ccc(C(F)(F)F)cc1)c1c(N)n(CCC)c(=O)[nH]c1=O. The van der Waals surface area contributed by atoms with Crippen molar-refractivity contribution in [1.29, 1.82) is 0 Å². The van der Waals surface area contributed by atoms with Crippen LogP contribution in [0.15, 0.2) is 33.9 Å². The van der Waals surface area contributed by atoms with Gasteiger partial charge < -0.3 is 10.6 Å². The number of H-pyrrole nitrogens is 1. The summed E-state index contributed by atoms with van der Waals surface area (Å²) in [6.07, 6.45) is -2.44. The molecule has 0 radical (unpaired) electrons. The van der Waals surface area contributed by atoms with E-state index in [4.69, 9.17) is 5.73 Å². The highest BCUT2D eigenvalue weighted by atomic mass is 19.4. The lowest BCUT2D eigenvalue weighted by Crippen LogP contribution is -2.45. The first-order valence-corrected chi connectivity index (χ1v) is 10.8. The van der Waals surface area contributed by atoms with Crippen LogP contribution < -0.4 is 21.9 Å². The molecule has 0 spiro atoms. The number of hydrogen-bond donors (Lipinski definition) is 2. The predicted octanol–water partition coefficient (Wildman–Crippen LogP) is 2.81. The Morgan fingerprint density at radius 3 is 2.30 bits per heavy atom. The summed E-state index contributed by atoms with van der Waals surface area (Å²) in [5.41, 5.74) is 4.55. The Balaban J connectivity index is 2.25. The van der Waals surface area contributed by atoms with Crippen LogP contribution in [0.1, 0.15) is 44.2 Å². The molecule has 0 saturated carbocycles. The van der Waals surface area contributed by atoms with Gasteiger partial charge in [-0.2, -0.15) is 13.2 Å². The van der Waals surface area contributed by atoms with E-state index >= 15 is 0 Å². The van der Waals surface area contributed by atoms with Gasteiger partial charge in [0.15, 0.2) is 5.69 Å². The van der Waals surface area contributed by atoms with E-state index in [9.17, 15) is 27.6 Å². The highest BCUT2D eigenvalue weighted by Crippen LogP contribution is 2.29. The lowest BCUT2D eigenvalue weighted by Gasteiger charge is -2.26. The number of carbonyl (C=O) groups is 1. The molecule has 0 aliphatic carbocycles. The molecular formula is C22H30F3N5O3. The number of aromatic amines is 1. The molecule has 0 atom stereocenters. The zero-order valence-corrected chi connectivity index (χ0v) is 19.0. The van der Waals surface area contributed by atoms with E-state index < -0.39 is 28.9 Å². The van der Waals surface area contributed by atoms with Gasteiger partial charge in [0.1, 0.15) is 5.82 Å². The zero-order valence-electron chi connectivity index (χ0n) is 19.0. The summed E-state index contributed by atoms with van der Waals surface area (Å²) in [6, 6.07) is 4.72. The second-order valence-electron chi connectivity index (χ2n) is 7.91. The molecule has 8 nitrogen and oxygen atoms in total. The second kappa shape index (κ2) is 11.2. The summed E-state index contributed by atoms with van der Waals surface area (Å²) in [7, 11) is 1.65. The number of unbranched alkanes of at least 4 members (excludes halogenated alkanes) is 1. The van der Waals surface area contributed by atoms with E-state index in [0.717, 1.165) is 18.6 Å². The quantitative estimate of drug-likeness (QED) is 0.557. The number of halogens is 3. The molecule has 182 valence electrons. The Morgan fingerprint density at radius 2 is 1.76 bits per heavy atom. The van der Waals surface area contributed by atoms with Crippen LogP contribution in [-0.2, 0) is 24.1 Å². The van der Waals surface area contributed by atoms with Gasteiger partial charge in [-0.05, 0) is 37.6 Å². The van der Waals surface area contributed by atoms with Gasteiger partial charge in [-0.25, -0.2) is 4.79 Å². The molecule has 1 amide bonds. The third-order valence-corrected chi connectivity index (χ3v) is 5.11. The molecular weight excluding hydrogens is 439 g/mol. The molecule has 2 rings (SSSR count). The van der Waals surface area contributed by atoms with Crippen molar-refractivity contribution in [2.24, 2.45) is 0 Å². The predicted molar refractivity (Wildman–Crippen MR) is 121 cm³/mol. The Morgan fingerprint density at radius 1 is 1.12 bits per heavy atom. The van der Waals surface area contributed by atoms with Crippen LogP contribution in [0.4, 0.5) is 24.7 Å². The van der Waals surface area contributed by atoms with Gasteiger partial charge in [0, 0.05) is 19.6 Å². The maximum atomic E-state index is 13.1. The molecule has 0 aliphatic heterocycles. The van der Waals surface area contributed by atoms with E-state index in [1.165, 1.54) is 21.6 Å². The molecule has 2 aromatic rings. The number of carbonyl (C=O) groups excluding carboxylic acids is 1. The first kappa shape index (κ1) is 26.2. The highest BCUT2D eigenvalue weighted by Gasteiger charge is 2.30. The van der Waals surface area contributed by atoms with Crippen molar-refractivity contribution in [2.75, 3.05) is 30.8 Å². The second-order valence-corrected chi connectivity index (χ2v) is 7.91. The van der Waals surface area contributed by atoms with Crippen molar-refractivity contribution in [2.45, 2.75) is 52.4 Å². The number of amides is 1. The van der Waals surface area contributed by atoms with Crippen molar-refractivity contribution in [3.63, 3.8) is 0 Å². The minimum absolute atomic E-state index is 0.0653. The van der Waals surface area contributed by atoms with Gasteiger partial charge in [-0.3, -0.25) is 24.0 Å². The molecule has 11 heteroatoms. The van der Waals surface area contributed by atoms with Gasteiger partial charge in [0.05, 0.1) is 12.1 Å². The van der Waals surface area contributed by atoms with E-state index in [-0.39, 0.29) is 37.7 Å². The van der Waals surface area contributed by atoms with Crippen molar-refractivity contribution >= 4 is 17.4 Å². The van der Waals surface area contributed by atoms with Crippen LogP contribution in [0.2, 0.25) is 0 Å². The van der Waals surface area contributed by atoms with Crippen LogP contribution in [0.3, 0.4) is 0 Å². The maximum absolute atomic E-state index is 13.1. The van der Waals surface area contributed by atoms with Crippen molar-refractivity contribution in [1.82, 2.24) is 14.5 Å². The first-order valence-electron chi connectivity index (χ1n) is 10.8. The molecule has 3 N–H and O–H groups in total. The monoisotopic (exact) mass is 469 g/mol. The first-order chi connectivity index (χ1) is 15.5. The molecule has 1 aromatic heterocycles. The molecule has 1 heterocycles. The molecule has 1 aromatic carbocycles. The van der Waals surface area contributed by atoms with Crippen molar-refractivity contribution < 1.29 is 18.0 Å². The minimum Gasteiger partial charge on any atom is -0.383 e. The van der Waals surface area contributed by atoms with Gasteiger partial charge in [0.2, 0.25) is 5.91 Å². The van der Waals surface area contributed by atoms with E-state index in [2.05, 4.69) is 4.98 Å². The number of anilines is 2. The fraction of sp³-hybridized carbons (Fsp3) is 0.500. The molecule has 33 heavy (non-hydrogen) atoms. The number of aromatic nitrogens is 2. The number of nitrogen functional groups attached to an aromatic ring is 1. The van der Waals surface area contributed by atoms with Crippen LogP contribution in [0.5, 0.6) is 0 Å². The van der Waals surface area contributed by atoms with Crippen LogP contribution in [0.25, 0.3) is 0 Å². The number of rotatable bonds is 10. The summed E-state index contributed by atoms with van der Waals surface area (Å²) in [6.45, 7) is 4.44. The third-order valence-electron chi connectivity index (χ3n) is 5.11. The number of benzene rings is 1. The fourth-order valence-electron chi connectivity index (χ4n) is 3.44. The Labute approximate surface area is 189 Å². The number of nitrogens with two attached hydrogens (primary N) is 1. The fourth-order valence-corrected chi connectivity index (χ4v) is 3.44. The van der Waals surface area contributed by atoms with Crippen molar-refractivity contribution in [3.05, 3.63) is 56.2 Å². The zero-order chi connectivity index (χ0) is 24.8. The van der Waals surface area contributed by atoms with Gasteiger partial charge >= 0.3 is 11.9 Å².